The van der Waals surface area contributed by atoms with Gasteiger partial charge in [0.1, 0.15) is 5.82 Å². The summed E-state index contributed by atoms with van der Waals surface area (Å²) in [7, 11) is 0. The number of nitrogens with one attached hydrogen (secondary N) is 1. The smallest absolute Gasteiger partial charge is 0.161 e. The molecule has 2 aromatic carbocycles. The Morgan fingerprint density at radius 2 is 1.79 bits per heavy atom. The molecular formula is C19H21BrFNO2. The van der Waals surface area contributed by atoms with E-state index in [4.69, 9.17) is 9.47 Å². The second-order valence-electron chi connectivity index (χ2n) is 5.67. The molecule has 24 heavy (non-hydrogen) atoms. The molecule has 0 amide bonds. The normalized spacial score (nSPS) is 16.6. The van der Waals surface area contributed by atoms with Gasteiger partial charge in [-0.15, -0.1) is 0 Å². The van der Waals surface area contributed by atoms with Gasteiger partial charge in [-0.1, -0.05) is 15.9 Å². The summed E-state index contributed by atoms with van der Waals surface area (Å²) in [4.78, 5) is 0. The minimum atomic E-state index is -0.213. The van der Waals surface area contributed by atoms with Crippen LogP contribution in [0, 0.1) is 5.82 Å². The highest BCUT2D eigenvalue weighted by Crippen LogP contribution is 2.38. The summed E-state index contributed by atoms with van der Waals surface area (Å²) in [6, 6.07) is 8.87. The van der Waals surface area contributed by atoms with Crippen LogP contribution in [0.25, 0.3) is 0 Å². The molecule has 0 bridgehead atoms. The van der Waals surface area contributed by atoms with Gasteiger partial charge in [-0.2, -0.15) is 0 Å². The summed E-state index contributed by atoms with van der Waals surface area (Å²) < 4.78 is 26.7. The summed E-state index contributed by atoms with van der Waals surface area (Å²) in [6.45, 7) is 5.83. The molecule has 1 N–H and O–H groups in total. The SMILES string of the molecule is CCOc1cc2c(cc1OCC)C(c1cc(Br)ccc1F)NCC2. The Morgan fingerprint density at radius 3 is 2.50 bits per heavy atom. The molecule has 3 rings (SSSR count). The maximum atomic E-state index is 14.4. The maximum absolute atomic E-state index is 14.4. The highest BCUT2D eigenvalue weighted by molar-refractivity contribution is 9.10. The lowest BCUT2D eigenvalue weighted by atomic mass is 9.89. The highest BCUT2D eigenvalue weighted by atomic mass is 79.9. The fraction of sp³-hybridized carbons (Fsp3) is 0.368. The number of benzene rings is 2. The topological polar surface area (TPSA) is 30.5 Å². The molecule has 0 saturated heterocycles. The Balaban J connectivity index is 2.09. The molecule has 0 radical (unpaired) electrons. The molecule has 1 heterocycles. The quantitative estimate of drug-likeness (QED) is 0.803. The molecular weight excluding hydrogens is 373 g/mol. The molecule has 5 heteroatoms. The van der Waals surface area contributed by atoms with E-state index in [1.165, 1.54) is 11.6 Å². The lowest BCUT2D eigenvalue weighted by Gasteiger charge is -2.29. The number of fused-ring (bicyclic) bond motifs is 1. The van der Waals surface area contributed by atoms with Crippen molar-refractivity contribution < 1.29 is 13.9 Å². The zero-order valence-electron chi connectivity index (χ0n) is 13.9. The monoisotopic (exact) mass is 393 g/mol. The van der Waals surface area contributed by atoms with Crippen molar-refractivity contribution in [3.63, 3.8) is 0 Å². The van der Waals surface area contributed by atoms with Gasteiger partial charge in [0.15, 0.2) is 11.5 Å². The number of hydrogen-bond donors (Lipinski definition) is 1. The van der Waals surface area contributed by atoms with Crippen molar-refractivity contribution in [3.05, 3.63) is 57.3 Å². The molecule has 0 fully saturated rings. The third-order valence-corrected chi connectivity index (χ3v) is 4.62. The van der Waals surface area contributed by atoms with Gasteiger partial charge >= 0.3 is 0 Å². The van der Waals surface area contributed by atoms with Gasteiger partial charge in [0.25, 0.3) is 0 Å². The average Bonchev–Trinajstić information content (AvgIpc) is 2.57. The van der Waals surface area contributed by atoms with Gasteiger partial charge < -0.3 is 14.8 Å². The van der Waals surface area contributed by atoms with Crippen molar-refractivity contribution in [2.75, 3.05) is 19.8 Å². The largest absolute Gasteiger partial charge is 0.490 e. The predicted molar refractivity (Wildman–Crippen MR) is 96.4 cm³/mol. The lowest BCUT2D eigenvalue weighted by Crippen LogP contribution is -2.31. The average molecular weight is 394 g/mol. The fourth-order valence-electron chi connectivity index (χ4n) is 3.11. The van der Waals surface area contributed by atoms with Gasteiger partial charge in [0.2, 0.25) is 0 Å². The molecule has 0 saturated carbocycles. The standard InChI is InChI=1S/C19H21BrFNO2/c1-3-23-17-9-12-7-8-22-19(14(12)11-18(17)24-4-2)15-10-13(20)5-6-16(15)21/h5-6,9-11,19,22H,3-4,7-8H2,1-2H3. The van der Waals surface area contributed by atoms with E-state index in [1.54, 1.807) is 6.07 Å². The van der Waals surface area contributed by atoms with Crippen LogP contribution in [-0.4, -0.2) is 19.8 Å². The van der Waals surface area contributed by atoms with Crippen LogP contribution in [0.2, 0.25) is 0 Å². The van der Waals surface area contributed by atoms with Crippen LogP contribution in [0.1, 0.15) is 36.6 Å². The van der Waals surface area contributed by atoms with Crippen molar-refractivity contribution in [2.24, 2.45) is 0 Å². The van der Waals surface area contributed by atoms with E-state index in [1.807, 2.05) is 32.0 Å². The van der Waals surface area contributed by atoms with E-state index in [9.17, 15) is 4.39 Å². The van der Waals surface area contributed by atoms with Crippen molar-refractivity contribution in [3.8, 4) is 11.5 Å². The molecule has 0 spiro atoms. The Labute approximate surface area is 150 Å². The molecule has 1 aliphatic rings. The minimum Gasteiger partial charge on any atom is -0.490 e. The molecule has 1 aliphatic heterocycles. The van der Waals surface area contributed by atoms with Crippen LogP contribution < -0.4 is 14.8 Å². The maximum Gasteiger partial charge on any atom is 0.161 e. The van der Waals surface area contributed by atoms with Crippen LogP contribution >= 0.6 is 15.9 Å². The first-order chi connectivity index (χ1) is 11.6. The van der Waals surface area contributed by atoms with Crippen LogP contribution in [0.5, 0.6) is 11.5 Å². The van der Waals surface area contributed by atoms with E-state index in [2.05, 4.69) is 21.2 Å². The van der Waals surface area contributed by atoms with Gasteiger partial charge in [-0.3, -0.25) is 0 Å². The van der Waals surface area contributed by atoms with Crippen LogP contribution in [0.15, 0.2) is 34.8 Å². The van der Waals surface area contributed by atoms with Crippen LogP contribution in [-0.2, 0) is 6.42 Å². The highest BCUT2D eigenvalue weighted by Gasteiger charge is 2.26. The second kappa shape index (κ2) is 7.53. The summed E-state index contributed by atoms with van der Waals surface area (Å²) in [5.74, 6) is 1.26. The van der Waals surface area contributed by atoms with E-state index in [-0.39, 0.29) is 11.9 Å². The second-order valence-corrected chi connectivity index (χ2v) is 6.58. The molecule has 128 valence electrons. The molecule has 0 aliphatic carbocycles. The zero-order chi connectivity index (χ0) is 17.1. The van der Waals surface area contributed by atoms with Crippen molar-refractivity contribution in [2.45, 2.75) is 26.3 Å². The van der Waals surface area contributed by atoms with Gasteiger partial charge in [0.05, 0.1) is 19.3 Å². The van der Waals surface area contributed by atoms with Crippen LogP contribution in [0.3, 0.4) is 0 Å². The molecule has 2 aromatic rings. The Kier molecular flexibility index (Phi) is 5.41. The van der Waals surface area contributed by atoms with Crippen molar-refractivity contribution in [1.82, 2.24) is 5.32 Å². The first-order valence-electron chi connectivity index (χ1n) is 8.24. The fourth-order valence-corrected chi connectivity index (χ4v) is 3.49. The minimum absolute atomic E-state index is 0.193. The number of halogens is 2. The first kappa shape index (κ1) is 17.2. The summed E-state index contributed by atoms with van der Waals surface area (Å²) in [6.07, 6.45) is 0.883. The predicted octanol–water partition coefficient (Wildman–Crippen LogP) is 4.62. The molecule has 1 atom stereocenters. The zero-order valence-corrected chi connectivity index (χ0v) is 15.5. The van der Waals surface area contributed by atoms with Crippen molar-refractivity contribution >= 4 is 15.9 Å². The Hall–Kier alpha value is -1.59. The van der Waals surface area contributed by atoms with Gasteiger partial charge in [-0.05, 0) is 61.7 Å². The van der Waals surface area contributed by atoms with E-state index in [0.717, 1.165) is 28.8 Å². The third kappa shape index (κ3) is 3.42. The summed E-state index contributed by atoms with van der Waals surface area (Å²) >= 11 is 3.44. The third-order valence-electron chi connectivity index (χ3n) is 4.13. The summed E-state index contributed by atoms with van der Waals surface area (Å²) in [5, 5.41) is 3.42. The van der Waals surface area contributed by atoms with Crippen molar-refractivity contribution in [1.29, 1.82) is 0 Å². The first-order valence-corrected chi connectivity index (χ1v) is 9.04. The van der Waals surface area contributed by atoms with Gasteiger partial charge in [0, 0.05) is 16.6 Å². The Bertz CT molecular complexity index is 736. The van der Waals surface area contributed by atoms with Crippen LogP contribution in [0.4, 0.5) is 4.39 Å². The van der Waals surface area contributed by atoms with E-state index < -0.39 is 0 Å². The number of ether oxygens (including phenoxy) is 2. The summed E-state index contributed by atoms with van der Waals surface area (Å²) in [5.41, 5.74) is 2.85. The molecule has 3 nitrogen and oxygen atoms in total. The number of rotatable bonds is 5. The molecule has 0 aromatic heterocycles. The number of hydrogen-bond acceptors (Lipinski definition) is 3. The van der Waals surface area contributed by atoms with Gasteiger partial charge in [-0.25, -0.2) is 4.39 Å². The van der Waals surface area contributed by atoms with E-state index >= 15 is 0 Å². The van der Waals surface area contributed by atoms with E-state index in [0.29, 0.717) is 24.5 Å². The molecule has 1 unspecified atom stereocenters. The lowest BCUT2D eigenvalue weighted by molar-refractivity contribution is 0.286. The Morgan fingerprint density at radius 1 is 1.08 bits per heavy atom.